The van der Waals surface area contributed by atoms with Crippen LogP contribution in [0.5, 0.6) is 0 Å². The molecular formula is C26H32N2. The molecule has 0 amide bonds. The molecule has 0 aliphatic carbocycles. The maximum atomic E-state index is 3.51. The van der Waals surface area contributed by atoms with Gasteiger partial charge >= 0.3 is 0 Å². The van der Waals surface area contributed by atoms with Crippen LogP contribution >= 0.6 is 0 Å². The largest absolute Gasteiger partial charge is 0.355 e. The van der Waals surface area contributed by atoms with Gasteiger partial charge in [-0.15, -0.1) is 0 Å². The zero-order valence-electron chi connectivity index (χ0n) is 17.5. The lowest BCUT2D eigenvalue weighted by Crippen LogP contribution is -1.96. The quantitative estimate of drug-likeness (QED) is 0.416. The van der Waals surface area contributed by atoms with Crippen molar-refractivity contribution in [1.29, 1.82) is 0 Å². The summed E-state index contributed by atoms with van der Waals surface area (Å²) >= 11 is 0. The van der Waals surface area contributed by atoms with Gasteiger partial charge in [-0.05, 0) is 78.3 Å². The molecule has 2 atom stereocenters. The van der Waals surface area contributed by atoms with Crippen LogP contribution in [0.1, 0.15) is 63.5 Å². The molecule has 0 saturated carbocycles. The second-order valence-electron chi connectivity index (χ2n) is 7.69. The van der Waals surface area contributed by atoms with Gasteiger partial charge in [0, 0.05) is 22.7 Å². The van der Waals surface area contributed by atoms with Crippen molar-refractivity contribution in [1.82, 2.24) is 0 Å². The Balaban J connectivity index is 1.67. The number of hydrogen-bond acceptors (Lipinski definition) is 2. The number of benzene rings is 3. The Bertz CT molecular complexity index is 795. The molecule has 3 rings (SSSR count). The maximum Gasteiger partial charge on any atom is 0.0405 e. The smallest absolute Gasteiger partial charge is 0.0405 e. The number of hydrogen-bond donors (Lipinski definition) is 2. The summed E-state index contributed by atoms with van der Waals surface area (Å²) in [5, 5.41) is 7.01. The van der Waals surface area contributed by atoms with E-state index < -0.39 is 0 Å². The van der Waals surface area contributed by atoms with Crippen LogP contribution in [-0.2, 0) is 0 Å². The lowest BCUT2D eigenvalue weighted by molar-refractivity contribution is 0.734. The van der Waals surface area contributed by atoms with Gasteiger partial charge in [0.15, 0.2) is 0 Å². The van der Waals surface area contributed by atoms with Crippen LogP contribution in [0, 0.1) is 0 Å². The first-order valence-electron chi connectivity index (χ1n) is 10.4. The summed E-state index contributed by atoms with van der Waals surface area (Å²) in [6.07, 6.45) is 2.33. The Morgan fingerprint density at radius 3 is 1.32 bits per heavy atom. The molecule has 0 aromatic heterocycles. The molecule has 2 nitrogen and oxygen atoms in total. The predicted octanol–water partition coefficient (Wildman–Crippen LogP) is 8.20. The van der Waals surface area contributed by atoms with E-state index >= 15 is 0 Å². The van der Waals surface area contributed by atoms with Gasteiger partial charge in [0.25, 0.3) is 0 Å². The highest BCUT2D eigenvalue weighted by atomic mass is 14.9. The van der Waals surface area contributed by atoms with E-state index in [1.54, 1.807) is 0 Å². The molecule has 3 aromatic rings. The van der Waals surface area contributed by atoms with Crippen molar-refractivity contribution in [3.05, 3.63) is 83.9 Å². The Morgan fingerprint density at radius 1 is 0.571 bits per heavy atom. The van der Waals surface area contributed by atoms with Gasteiger partial charge in [-0.1, -0.05) is 58.0 Å². The molecule has 0 fully saturated rings. The molecule has 146 valence electrons. The van der Waals surface area contributed by atoms with E-state index in [-0.39, 0.29) is 0 Å². The third kappa shape index (κ3) is 5.16. The summed E-state index contributed by atoms with van der Waals surface area (Å²) in [5.41, 5.74) is 7.17. The maximum absolute atomic E-state index is 3.51. The molecular weight excluding hydrogens is 340 g/mol. The predicted molar refractivity (Wildman–Crippen MR) is 123 cm³/mol. The lowest BCUT2D eigenvalue weighted by Gasteiger charge is -2.13. The highest BCUT2D eigenvalue weighted by Crippen LogP contribution is 2.26. The van der Waals surface area contributed by atoms with Crippen LogP contribution in [0.25, 0.3) is 0 Å². The molecule has 2 N–H and O–H groups in total. The molecule has 0 spiro atoms. The fraction of sp³-hybridized carbons (Fsp3) is 0.308. The normalized spacial score (nSPS) is 13.0. The minimum atomic E-state index is 0.605. The Kier molecular flexibility index (Phi) is 6.76. The lowest BCUT2D eigenvalue weighted by atomic mass is 9.98. The van der Waals surface area contributed by atoms with E-state index in [0.29, 0.717) is 11.8 Å². The summed E-state index contributed by atoms with van der Waals surface area (Å²) in [6, 6.07) is 25.9. The van der Waals surface area contributed by atoms with Crippen LogP contribution in [-0.4, -0.2) is 0 Å². The van der Waals surface area contributed by atoms with E-state index in [4.69, 9.17) is 0 Å². The van der Waals surface area contributed by atoms with Crippen LogP contribution in [0.2, 0.25) is 0 Å². The first-order chi connectivity index (χ1) is 13.6. The van der Waals surface area contributed by atoms with Gasteiger partial charge in [0.05, 0.1) is 0 Å². The average molecular weight is 373 g/mol. The molecule has 2 unspecified atom stereocenters. The number of anilines is 4. The number of nitrogens with one attached hydrogen (secondary N) is 2. The zero-order valence-corrected chi connectivity index (χ0v) is 17.5. The second kappa shape index (κ2) is 9.45. The topological polar surface area (TPSA) is 24.1 Å². The summed E-state index contributed by atoms with van der Waals surface area (Å²) in [6.45, 7) is 9.00. The van der Waals surface area contributed by atoms with Gasteiger partial charge < -0.3 is 10.6 Å². The van der Waals surface area contributed by atoms with Crippen LogP contribution in [0.15, 0.2) is 72.8 Å². The van der Waals surface area contributed by atoms with Gasteiger partial charge in [0.2, 0.25) is 0 Å². The van der Waals surface area contributed by atoms with E-state index in [0.717, 1.165) is 22.7 Å². The first-order valence-corrected chi connectivity index (χ1v) is 10.4. The van der Waals surface area contributed by atoms with Gasteiger partial charge in [-0.2, -0.15) is 0 Å². The van der Waals surface area contributed by atoms with Crippen LogP contribution in [0.4, 0.5) is 22.7 Å². The SMILES string of the molecule is CCC(C)c1ccc(Nc2cccc(Nc3ccc(C(C)CC)cc3)c2)cc1. The van der Waals surface area contributed by atoms with Gasteiger partial charge in [-0.3, -0.25) is 0 Å². The van der Waals surface area contributed by atoms with Crippen molar-refractivity contribution >= 4 is 22.7 Å². The molecule has 0 radical (unpaired) electrons. The monoisotopic (exact) mass is 372 g/mol. The summed E-state index contributed by atoms with van der Waals surface area (Å²) < 4.78 is 0. The molecule has 3 aromatic carbocycles. The minimum Gasteiger partial charge on any atom is -0.355 e. The fourth-order valence-corrected chi connectivity index (χ4v) is 3.27. The molecule has 0 saturated heterocycles. The van der Waals surface area contributed by atoms with Crippen LogP contribution < -0.4 is 10.6 Å². The van der Waals surface area contributed by atoms with Gasteiger partial charge in [-0.25, -0.2) is 0 Å². The van der Waals surface area contributed by atoms with Crippen LogP contribution in [0.3, 0.4) is 0 Å². The van der Waals surface area contributed by atoms with Crippen molar-refractivity contribution in [3.8, 4) is 0 Å². The first kappa shape index (κ1) is 20.0. The van der Waals surface area contributed by atoms with Crippen molar-refractivity contribution in [2.24, 2.45) is 0 Å². The van der Waals surface area contributed by atoms with Crippen molar-refractivity contribution in [2.75, 3.05) is 10.6 Å². The molecule has 0 heterocycles. The average Bonchev–Trinajstić information content (AvgIpc) is 2.74. The summed E-state index contributed by atoms with van der Waals surface area (Å²) in [5.74, 6) is 1.21. The second-order valence-corrected chi connectivity index (χ2v) is 7.69. The molecule has 0 aliphatic heterocycles. The van der Waals surface area contributed by atoms with E-state index in [1.807, 2.05) is 0 Å². The standard InChI is InChI=1S/C26H32N2/c1-5-19(3)21-10-14-23(15-11-21)27-25-8-7-9-26(18-25)28-24-16-12-22(13-17-24)20(4)6-2/h7-20,27-28H,5-6H2,1-4H3. The zero-order chi connectivity index (χ0) is 19.9. The molecule has 28 heavy (non-hydrogen) atoms. The van der Waals surface area contributed by atoms with E-state index in [1.165, 1.54) is 24.0 Å². The molecule has 0 bridgehead atoms. The third-order valence-corrected chi connectivity index (χ3v) is 5.62. The highest BCUT2D eigenvalue weighted by molar-refractivity contribution is 5.68. The third-order valence-electron chi connectivity index (χ3n) is 5.62. The molecule has 0 aliphatic rings. The summed E-state index contributed by atoms with van der Waals surface area (Å²) in [7, 11) is 0. The number of rotatable bonds is 8. The van der Waals surface area contributed by atoms with Crippen molar-refractivity contribution in [2.45, 2.75) is 52.4 Å². The van der Waals surface area contributed by atoms with Crippen molar-refractivity contribution in [3.63, 3.8) is 0 Å². The van der Waals surface area contributed by atoms with E-state index in [2.05, 4.69) is 111 Å². The highest BCUT2D eigenvalue weighted by Gasteiger charge is 2.04. The molecule has 2 heteroatoms. The Morgan fingerprint density at radius 2 is 0.964 bits per heavy atom. The fourth-order valence-electron chi connectivity index (χ4n) is 3.27. The Hall–Kier alpha value is -2.74. The van der Waals surface area contributed by atoms with E-state index in [9.17, 15) is 0 Å². The Labute approximate surface area is 170 Å². The van der Waals surface area contributed by atoms with Crippen molar-refractivity contribution < 1.29 is 0 Å². The summed E-state index contributed by atoms with van der Waals surface area (Å²) in [4.78, 5) is 0. The van der Waals surface area contributed by atoms with Gasteiger partial charge in [0.1, 0.15) is 0 Å². The minimum absolute atomic E-state index is 0.605.